The summed E-state index contributed by atoms with van der Waals surface area (Å²) < 4.78 is 3.42. The average molecular weight is 483 g/mol. The number of nitrogens with zero attached hydrogens (tertiary/aromatic N) is 3. The highest BCUT2D eigenvalue weighted by atomic mass is 32.1. The zero-order valence-corrected chi connectivity index (χ0v) is 22.9. The number of pyridine rings is 1. The van der Waals surface area contributed by atoms with Crippen LogP contribution in [0.3, 0.4) is 0 Å². The van der Waals surface area contributed by atoms with Gasteiger partial charge in [0.15, 0.2) is 6.20 Å². The van der Waals surface area contributed by atoms with Crippen molar-refractivity contribution in [2.24, 2.45) is 12.5 Å². The van der Waals surface area contributed by atoms with Crippen molar-refractivity contribution in [1.82, 2.24) is 4.98 Å². The van der Waals surface area contributed by atoms with Crippen LogP contribution in [0.15, 0.2) is 42.6 Å². The molecule has 2 heterocycles. The van der Waals surface area contributed by atoms with Crippen molar-refractivity contribution in [3.05, 3.63) is 58.7 Å². The molecule has 2 aromatic carbocycles. The summed E-state index contributed by atoms with van der Waals surface area (Å²) in [4.78, 5) is 5.10. The SMILES string of the molecule is Cc1c(-c2c3sc(C4(C#N)CCC(C)(C)CC4)nc3cc[n+]2C)cc(C(C)(C)C)c2ccccc12. The maximum Gasteiger partial charge on any atom is 0.232 e. The van der Waals surface area contributed by atoms with Crippen LogP contribution in [0.2, 0.25) is 0 Å². The van der Waals surface area contributed by atoms with Crippen molar-refractivity contribution in [2.45, 2.75) is 78.1 Å². The lowest BCUT2D eigenvalue weighted by Gasteiger charge is -2.38. The van der Waals surface area contributed by atoms with E-state index in [1.807, 2.05) is 0 Å². The number of benzene rings is 2. The first kappa shape index (κ1) is 23.9. The average Bonchev–Trinajstić information content (AvgIpc) is 3.24. The van der Waals surface area contributed by atoms with Crippen molar-refractivity contribution < 1.29 is 4.57 Å². The summed E-state index contributed by atoms with van der Waals surface area (Å²) in [7, 11) is 2.13. The molecular weight excluding hydrogens is 446 g/mol. The fourth-order valence-electron chi connectivity index (χ4n) is 5.66. The maximum atomic E-state index is 10.3. The Kier molecular flexibility index (Phi) is 5.57. The molecule has 1 saturated carbocycles. The number of hydrogen-bond donors (Lipinski definition) is 0. The molecule has 1 fully saturated rings. The minimum Gasteiger partial charge on any atom is -0.239 e. The van der Waals surface area contributed by atoms with Crippen LogP contribution in [0, 0.1) is 23.7 Å². The summed E-state index contributed by atoms with van der Waals surface area (Å²) in [6.07, 6.45) is 6.03. The maximum absolute atomic E-state index is 10.3. The molecule has 4 heteroatoms. The van der Waals surface area contributed by atoms with Crippen LogP contribution in [-0.4, -0.2) is 4.98 Å². The Morgan fingerprint density at radius 3 is 2.31 bits per heavy atom. The molecule has 0 bridgehead atoms. The standard InChI is InChI=1S/C31H36N3S/c1-20-21-10-8-9-11-22(21)24(29(2,3)4)18-23(20)26-27-25(12-17-34(26)7)33-28(35-27)31(19-32)15-13-30(5,6)14-16-31/h8-12,17-18H,13-16H2,1-7H3/q+1. The third-order valence-corrected chi connectivity index (χ3v) is 9.42. The summed E-state index contributed by atoms with van der Waals surface area (Å²) in [6, 6.07) is 16.0. The first-order valence-electron chi connectivity index (χ1n) is 12.7. The summed E-state index contributed by atoms with van der Waals surface area (Å²) in [5.74, 6) is 0. The molecule has 180 valence electrons. The van der Waals surface area contributed by atoms with Gasteiger partial charge in [0.2, 0.25) is 5.69 Å². The van der Waals surface area contributed by atoms with Gasteiger partial charge in [0.05, 0.1) is 17.1 Å². The highest BCUT2D eigenvalue weighted by molar-refractivity contribution is 7.19. The van der Waals surface area contributed by atoms with E-state index in [1.165, 1.54) is 37.9 Å². The van der Waals surface area contributed by atoms with E-state index in [1.54, 1.807) is 11.3 Å². The zero-order valence-electron chi connectivity index (χ0n) is 22.1. The summed E-state index contributed by atoms with van der Waals surface area (Å²) in [5, 5.41) is 14.0. The minimum absolute atomic E-state index is 0.0210. The molecule has 0 saturated heterocycles. The van der Waals surface area contributed by atoms with E-state index in [9.17, 15) is 5.26 Å². The van der Waals surface area contributed by atoms with Crippen molar-refractivity contribution in [1.29, 1.82) is 5.26 Å². The van der Waals surface area contributed by atoms with Crippen LogP contribution >= 0.6 is 11.3 Å². The van der Waals surface area contributed by atoms with Gasteiger partial charge in [-0.15, -0.1) is 11.3 Å². The molecule has 0 N–H and O–H groups in total. The highest BCUT2D eigenvalue weighted by Crippen LogP contribution is 2.49. The fraction of sp³-hybridized carbons (Fsp3) is 0.452. The molecule has 35 heavy (non-hydrogen) atoms. The lowest BCUT2D eigenvalue weighted by Crippen LogP contribution is -2.33. The molecular formula is C31H36N3S+. The van der Waals surface area contributed by atoms with Gasteiger partial charge in [0.25, 0.3) is 0 Å². The summed E-state index contributed by atoms with van der Waals surface area (Å²) >= 11 is 1.74. The molecule has 0 amide bonds. The van der Waals surface area contributed by atoms with E-state index in [0.717, 1.165) is 36.2 Å². The second-order valence-electron chi connectivity index (χ2n) is 12.3. The Balaban J connectivity index is 1.76. The molecule has 0 atom stereocenters. The molecule has 1 aliphatic rings. The number of aryl methyl sites for hydroxylation is 2. The molecule has 1 aliphatic carbocycles. The summed E-state index contributed by atoms with van der Waals surface area (Å²) in [5.41, 5.74) is 5.97. The Bertz CT molecular complexity index is 1480. The minimum atomic E-state index is -0.468. The fourth-order valence-corrected chi connectivity index (χ4v) is 7.01. The van der Waals surface area contributed by atoms with E-state index >= 15 is 0 Å². The van der Waals surface area contributed by atoms with Crippen molar-refractivity contribution >= 4 is 32.3 Å². The van der Waals surface area contributed by atoms with Crippen LogP contribution in [0.4, 0.5) is 0 Å². The molecule has 0 radical (unpaired) electrons. The van der Waals surface area contributed by atoms with Crippen LogP contribution < -0.4 is 4.57 Å². The molecule has 3 nitrogen and oxygen atoms in total. The Labute approximate surface area is 213 Å². The quantitative estimate of drug-likeness (QED) is 0.272. The lowest BCUT2D eigenvalue weighted by atomic mass is 9.66. The van der Waals surface area contributed by atoms with Gasteiger partial charge in [-0.1, -0.05) is 58.9 Å². The second kappa shape index (κ2) is 8.14. The van der Waals surface area contributed by atoms with Gasteiger partial charge in [-0.2, -0.15) is 9.83 Å². The van der Waals surface area contributed by atoms with Gasteiger partial charge >= 0.3 is 0 Å². The van der Waals surface area contributed by atoms with E-state index < -0.39 is 5.41 Å². The smallest absolute Gasteiger partial charge is 0.232 e. The van der Waals surface area contributed by atoms with E-state index in [-0.39, 0.29) is 5.41 Å². The molecule has 4 aromatic rings. The normalized spacial score (nSPS) is 17.5. The number of fused-ring (bicyclic) bond motifs is 2. The number of thiazole rings is 1. The van der Waals surface area contributed by atoms with Gasteiger partial charge in [-0.25, -0.2) is 4.98 Å². The second-order valence-corrected chi connectivity index (χ2v) is 13.3. The number of nitriles is 1. The van der Waals surface area contributed by atoms with Gasteiger partial charge < -0.3 is 0 Å². The Morgan fingerprint density at radius 2 is 1.69 bits per heavy atom. The van der Waals surface area contributed by atoms with E-state index in [4.69, 9.17) is 4.98 Å². The van der Waals surface area contributed by atoms with Crippen molar-refractivity contribution in [2.75, 3.05) is 0 Å². The number of aromatic nitrogens is 2. The van der Waals surface area contributed by atoms with Gasteiger partial charge in [0, 0.05) is 6.07 Å². The predicted octanol–water partition coefficient (Wildman–Crippen LogP) is 7.91. The lowest BCUT2D eigenvalue weighted by molar-refractivity contribution is -0.659. The van der Waals surface area contributed by atoms with Crippen molar-refractivity contribution in [3.63, 3.8) is 0 Å². The topological polar surface area (TPSA) is 40.6 Å². The summed E-state index contributed by atoms with van der Waals surface area (Å²) in [6.45, 7) is 13.8. The van der Waals surface area contributed by atoms with Gasteiger partial charge in [-0.05, 0) is 71.4 Å². The van der Waals surface area contributed by atoms with Gasteiger partial charge in [0.1, 0.15) is 22.2 Å². The van der Waals surface area contributed by atoms with Gasteiger partial charge in [-0.3, -0.25) is 0 Å². The molecule has 0 spiro atoms. The first-order valence-corrected chi connectivity index (χ1v) is 13.5. The van der Waals surface area contributed by atoms with Crippen LogP contribution in [0.1, 0.15) is 76.4 Å². The van der Waals surface area contributed by atoms with E-state index in [0.29, 0.717) is 5.41 Å². The highest BCUT2D eigenvalue weighted by Gasteiger charge is 2.42. The third-order valence-electron chi connectivity index (χ3n) is 8.13. The van der Waals surface area contributed by atoms with Crippen LogP contribution in [0.5, 0.6) is 0 Å². The van der Waals surface area contributed by atoms with Crippen LogP contribution in [0.25, 0.3) is 32.2 Å². The Morgan fingerprint density at radius 1 is 1.03 bits per heavy atom. The largest absolute Gasteiger partial charge is 0.239 e. The molecule has 0 unspecified atom stereocenters. The number of rotatable bonds is 2. The third kappa shape index (κ3) is 3.95. The Hall–Kier alpha value is -2.77. The monoisotopic (exact) mass is 482 g/mol. The van der Waals surface area contributed by atoms with Crippen molar-refractivity contribution in [3.8, 4) is 17.3 Å². The molecule has 0 aliphatic heterocycles. The van der Waals surface area contributed by atoms with E-state index in [2.05, 4.69) is 102 Å². The number of hydrogen-bond acceptors (Lipinski definition) is 3. The van der Waals surface area contributed by atoms with Crippen LogP contribution in [-0.2, 0) is 17.9 Å². The zero-order chi connectivity index (χ0) is 25.2. The predicted molar refractivity (Wildman–Crippen MR) is 147 cm³/mol. The molecule has 2 aromatic heterocycles. The first-order chi connectivity index (χ1) is 16.5. The molecule has 5 rings (SSSR count).